The van der Waals surface area contributed by atoms with Crippen LogP contribution in [0, 0.1) is 0 Å². The Kier molecular flexibility index (Phi) is 4.64. The third-order valence-electron chi connectivity index (χ3n) is 3.86. The maximum Gasteiger partial charge on any atom is 0.416 e. The van der Waals surface area contributed by atoms with Gasteiger partial charge >= 0.3 is 6.18 Å². The summed E-state index contributed by atoms with van der Waals surface area (Å²) in [6, 6.07) is 4.52. The van der Waals surface area contributed by atoms with Gasteiger partial charge in [0.05, 0.1) is 5.56 Å². The van der Waals surface area contributed by atoms with Crippen LogP contribution < -0.4 is 5.32 Å². The SMILES string of the molecule is CC1CC(Nc2ccc(C(F)(F)F)cc2Br)CCN1C. The molecule has 0 amide bonds. The standard InChI is InChI=1S/C14H18BrF3N2/c1-9-7-11(5-6-20(9)2)19-13-4-3-10(8-12(13)15)14(16,17)18/h3-4,8-9,11,19H,5-7H2,1-2H3. The molecule has 0 saturated carbocycles. The van der Waals surface area contributed by atoms with E-state index in [1.807, 2.05) is 0 Å². The summed E-state index contributed by atoms with van der Waals surface area (Å²) >= 11 is 3.22. The molecule has 1 N–H and O–H groups in total. The van der Waals surface area contributed by atoms with E-state index in [4.69, 9.17) is 0 Å². The molecule has 0 bridgehead atoms. The topological polar surface area (TPSA) is 15.3 Å². The molecule has 1 aromatic rings. The van der Waals surface area contributed by atoms with Crippen molar-refractivity contribution in [1.82, 2.24) is 4.90 Å². The average molecular weight is 351 g/mol. The molecule has 0 aromatic heterocycles. The summed E-state index contributed by atoms with van der Waals surface area (Å²) < 4.78 is 38.3. The predicted octanol–water partition coefficient (Wildman–Crippen LogP) is 4.36. The fourth-order valence-electron chi connectivity index (χ4n) is 2.45. The summed E-state index contributed by atoms with van der Waals surface area (Å²) in [5.74, 6) is 0. The van der Waals surface area contributed by atoms with E-state index in [0.717, 1.165) is 37.2 Å². The zero-order valence-electron chi connectivity index (χ0n) is 11.5. The van der Waals surface area contributed by atoms with Crippen molar-refractivity contribution < 1.29 is 13.2 Å². The number of anilines is 1. The fourth-order valence-corrected chi connectivity index (χ4v) is 2.94. The van der Waals surface area contributed by atoms with Crippen LogP contribution in [0.3, 0.4) is 0 Å². The number of rotatable bonds is 2. The molecule has 1 saturated heterocycles. The van der Waals surface area contributed by atoms with Gasteiger partial charge in [0.25, 0.3) is 0 Å². The first-order chi connectivity index (χ1) is 9.27. The Hall–Kier alpha value is -0.750. The lowest BCUT2D eigenvalue weighted by Gasteiger charge is -2.36. The van der Waals surface area contributed by atoms with E-state index in [2.05, 4.69) is 40.1 Å². The molecule has 2 unspecified atom stereocenters. The van der Waals surface area contributed by atoms with Gasteiger partial charge in [0.2, 0.25) is 0 Å². The zero-order valence-corrected chi connectivity index (χ0v) is 13.1. The Morgan fingerprint density at radius 2 is 2.05 bits per heavy atom. The van der Waals surface area contributed by atoms with Gasteiger partial charge in [-0.05, 0) is 60.9 Å². The highest BCUT2D eigenvalue weighted by Crippen LogP contribution is 2.34. The summed E-state index contributed by atoms with van der Waals surface area (Å²) in [7, 11) is 2.09. The van der Waals surface area contributed by atoms with Crippen molar-refractivity contribution in [2.45, 2.75) is 38.0 Å². The average Bonchev–Trinajstić information content (AvgIpc) is 2.35. The molecular formula is C14H18BrF3N2. The minimum absolute atomic E-state index is 0.300. The van der Waals surface area contributed by atoms with Crippen molar-refractivity contribution in [2.75, 3.05) is 18.9 Å². The van der Waals surface area contributed by atoms with Crippen LogP contribution >= 0.6 is 15.9 Å². The molecule has 1 aliphatic heterocycles. The molecule has 2 atom stereocenters. The van der Waals surface area contributed by atoms with Gasteiger partial charge in [0.1, 0.15) is 0 Å². The van der Waals surface area contributed by atoms with E-state index in [1.54, 1.807) is 0 Å². The highest BCUT2D eigenvalue weighted by molar-refractivity contribution is 9.10. The molecule has 0 spiro atoms. The number of likely N-dealkylation sites (tertiary alicyclic amines) is 1. The van der Waals surface area contributed by atoms with E-state index in [1.165, 1.54) is 6.07 Å². The second kappa shape index (κ2) is 5.93. The molecule has 6 heteroatoms. The van der Waals surface area contributed by atoms with E-state index < -0.39 is 11.7 Å². The molecule has 0 aliphatic carbocycles. The Morgan fingerprint density at radius 3 is 2.60 bits per heavy atom. The molecule has 1 aromatic carbocycles. The molecule has 2 nitrogen and oxygen atoms in total. The number of piperidine rings is 1. The van der Waals surface area contributed by atoms with Gasteiger partial charge in [-0.2, -0.15) is 13.2 Å². The van der Waals surface area contributed by atoms with Crippen LogP contribution in [0.1, 0.15) is 25.3 Å². The summed E-state index contributed by atoms with van der Waals surface area (Å²) in [6.07, 6.45) is -2.32. The summed E-state index contributed by atoms with van der Waals surface area (Å²) in [5, 5.41) is 3.34. The first-order valence-electron chi connectivity index (χ1n) is 6.61. The van der Waals surface area contributed by atoms with E-state index >= 15 is 0 Å². The maximum absolute atomic E-state index is 12.6. The first-order valence-corrected chi connectivity index (χ1v) is 7.40. The molecule has 20 heavy (non-hydrogen) atoms. The summed E-state index contributed by atoms with van der Waals surface area (Å²) in [6.45, 7) is 3.16. The second-order valence-corrected chi connectivity index (χ2v) is 6.24. The van der Waals surface area contributed by atoms with Crippen LogP contribution in [0.25, 0.3) is 0 Å². The maximum atomic E-state index is 12.6. The molecule has 112 valence electrons. The van der Waals surface area contributed by atoms with Gasteiger partial charge in [0.15, 0.2) is 0 Å². The van der Waals surface area contributed by atoms with Crippen molar-refractivity contribution in [3.05, 3.63) is 28.2 Å². The van der Waals surface area contributed by atoms with Gasteiger partial charge < -0.3 is 10.2 Å². The molecule has 1 fully saturated rings. The molecule has 2 rings (SSSR count). The van der Waals surface area contributed by atoms with Crippen LogP contribution in [-0.2, 0) is 6.18 Å². The number of hydrogen-bond donors (Lipinski definition) is 1. The van der Waals surface area contributed by atoms with Gasteiger partial charge in [-0.1, -0.05) is 0 Å². The van der Waals surface area contributed by atoms with Crippen molar-refractivity contribution in [2.24, 2.45) is 0 Å². The number of alkyl halides is 3. The van der Waals surface area contributed by atoms with E-state index in [0.29, 0.717) is 16.6 Å². The minimum Gasteiger partial charge on any atom is -0.381 e. The Bertz CT molecular complexity index is 476. The molecule has 0 radical (unpaired) electrons. The van der Waals surface area contributed by atoms with Crippen LogP contribution in [0.15, 0.2) is 22.7 Å². The number of nitrogens with one attached hydrogen (secondary N) is 1. The van der Waals surface area contributed by atoms with E-state index in [-0.39, 0.29) is 0 Å². The third kappa shape index (κ3) is 3.67. The van der Waals surface area contributed by atoms with Crippen LogP contribution in [-0.4, -0.2) is 30.6 Å². The Morgan fingerprint density at radius 1 is 1.35 bits per heavy atom. The largest absolute Gasteiger partial charge is 0.416 e. The predicted molar refractivity (Wildman–Crippen MR) is 77.9 cm³/mol. The molecular weight excluding hydrogens is 333 g/mol. The van der Waals surface area contributed by atoms with Crippen LogP contribution in [0.4, 0.5) is 18.9 Å². The van der Waals surface area contributed by atoms with Crippen molar-refractivity contribution in [1.29, 1.82) is 0 Å². The number of benzene rings is 1. The summed E-state index contributed by atoms with van der Waals surface area (Å²) in [5.41, 5.74) is 0.0893. The van der Waals surface area contributed by atoms with Crippen molar-refractivity contribution in [3.63, 3.8) is 0 Å². The normalized spacial score (nSPS) is 24.7. The third-order valence-corrected chi connectivity index (χ3v) is 4.52. The smallest absolute Gasteiger partial charge is 0.381 e. The highest BCUT2D eigenvalue weighted by atomic mass is 79.9. The highest BCUT2D eigenvalue weighted by Gasteiger charge is 2.31. The lowest BCUT2D eigenvalue weighted by molar-refractivity contribution is -0.137. The van der Waals surface area contributed by atoms with Gasteiger partial charge in [-0.15, -0.1) is 0 Å². The van der Waals surface area contributed by atoms with Crippen LogP contribution in [0.5, 0.6) is 0 Å². The minimum atomic E-state index is -4.30. The quantitative estimate of drug-likeness (QED) is 0.852. The number of hydrogen-bond acceptors (Lipinski definition) is 2. The Labute approximate surface area is 125 Å². The van der Waals surface area contributed by atoms with Gasteiger partial charge in [-0.3, -0.25) is 0 Å². The van der Waals surface area contributed by atoms with E-state index in [9.17, 15) is 13.2 Å². The lowest BCUT2D eigenvalue weighted by Crippen LogP contribution is -2.42. The second-order valence-electron chi connectivity index (χ2n) is 5.39. The number of halogens is 4. The lowest BCUT2D eigenvalue weighted by atomic mass is 9.98. The van der Waals surface area contributed by atoms with Crippen LogP contribution in [0.2, 0.25) is 0 Å². The summed E-state index contributed by atoms with van der Waals surface area (Å²) in [4.78, 5) is 2.29. The number of nitrogens with zero attached hydrogens (tertiary/aromatic N) is 1. The Balaban J connectivity index is 2.07. The molecule has 1 aliphatic rings. The first kappa shape index (κ1) is 15.6. The van der Waals surface area contributed by atoms with Crippen molar-refractivity contribution in [3.8, 4) is 0 Å². The zero-order chi connectivity index (χ0) is 14.9. The monoisotopic (exact) mass is 350 g/mol. The van der Waals surface area contributed by atoms with Crippen molar-refractivity contribution >= 4 is 21.6 Å². The fraction of sp³-hybridized carbons (Fsp3) is 0.571. The van der Waals surface area contributed by atoms with Gasteiger partial charge in [0, 0.05) is 28.8 Å². The molecule has 1 heterocycles. The van der Waals surface area contributed by atoms with Gasteiger partial charge in [-0.25, -0.2) is 0 Å².